The van der Waals surface area contributed by atoms with Crippen molar-refractivity contribution in [1.82, 2.24) is 10.0 Å². The van der Waals surface area contributed by atoms with E-state index < -0.39 is 10.0 Å². The van der Waals surface area contributed by atoms with Crippen LogP contribution in [0.3, 0.4) is 0 Å². The second-order valence-electron chi connectivity index (χ2n) is 3.47. The maximum absolute atomic E-state index is 11.9. The molecule has 0 spiro atoms. The third-order valence-electron chi connectivity index (χ3n) is 1.54. The van der Waals surface area contributed by atoms with E-state index >= 15 is 0 Å². The first kappa shape index (κ1) is 14.7. The molecule has 0 amide bonds. The molecule has 5 nitrogen and oxygen atoms in total. The van der Waals surface area contributed by atoms with Gasteiger partial charge in [-0.05, 0) is 35.8 Å². The van der Waals surface area contributed by atoms with Gasteiger partial charge in [0.15, 0.2) is 4.21 Å². The Hall–Kier alpha value is -0.310. The predicted octanol–water partition coefficient (Wildman–Crippen LogP) is 2.38. The lowest BCUT2D eigenvalue weighted by Gasteiger charge is -2.12. The van der Waals surface area contributed by atoms with Gasteiger partial charge < -0.3 is 5.32 Å². The maximum Gasteiger partial charge on any atom is 0.274 e. The van der Waals surface area contributed by atoms with Gasteiger partial charge in [0.25, 0.3) is 10.0 Å². The molecular formula is C8H11BrClN3O2S2. The van der Waals surface area contributed by atoms with E-state index in [1.807, 2.05) is 0 Å². The Morgan fingerprint density at radius 1 is 1.59 bits per heavy atom. The van der Waals surface area contributed by atoms with E-state index in [0.29, 0.717) is 8.81 Å². The van der Waals surface area contributed by atoms with Gasteiger partial charge in [0.05, 0.1) is 8.81 Å². The van der Waals surface area contributed by atoms with Crippen molar-refractivity contribution in [3.8, 4) is 0 Å². The number of halogens is 2. The number of thiophene rings is 1. The number of hydrogen-bond donors (Lipinski definition) is 3. The molecule has 0 aliphatic heterocycles. The van der Waals surface area contributed by atoms with Crippen LogP contribution in [0.4, 0.5) is 0 Å². The van der Waals surface area contributed by atoms with Crippen LogP contribution < -0.4 is 10.0 Å². The molecule has 0 saturated heterocycles. The van der Waals surface area contributed by atoms with E-state index in [4.69, 9.17) is 17.0 Å². The summed E-state index contributed by atoms with van der Waals surface area (Å²) in [4.78, 5) is 0. The summed E-state index contributed by atoms with van der Waals surface area (Å²) in [6.45, 7) is 3.61. The highest BCUT2D eigenvalue weighted by atomic mass is 79.9. The number of guanidine groups is 1. The minimum atomic E-state index is -3.76. The summed E-state index contributed by atoms with van der Waals surface area (Å²) in [6, 6.07) is 1.47. The van der Waals surface area contributed by atoms with Crippen LogP contribution in [0.25, 0.3) is 0 Å². The third kappa shape index (κ3) is 4.13. The monoisotopic (exact) mass is 359 g/mol. The van der Waals surface area contributed by atoms with Crippen LogP contribution in [0.2, 0.25) is 4.34 Å². The Labute approximate surface area is 117 Å². The zero-order valence-electron chi connectivity index (χ0n) is 9.04. The van der Waals surface area contributed by atoms with Crippen LogP contribution in [0, 0.1) is 5.41 Å². The van der Waals surface area contributed by atoms with Crippen molar-refractivity contribution in [3.63, 3.8) is 0 Å². The molecule has 0 saturated carbocycles. The number of hydrogen-bond acceptors (Lipinski definition) is 4. The summed E-state index contributed by atoms with van der Waals surface area (Å²) in [5.41, 5.74) is 0. The van der Waals surface area contributed by atoms with Crippen LogP contribution >= 0.6 is 38.9 Å². The van der Waals surface area contributed by atoms with Gasteiger partial charge in [-0.25, -0.2) is 13.1 Å². The summed E-state index contributed by atoms with van der Waals surface area (Å²) in [5.74, 6) is -0.267. The summed E-state index contributed by atoms with van der Waals surface area (Å²) in [7, 11) is -3.76. The SMILES string of the molecule is CC(C)NC(=N)NS(=O)(=O)c1sc(Cl)cc1Br. The van der Waals surface area contributed by atoms with Crippen molar-refractivity contribution < 1.29 is 8.42 Å². The molecule has 0 atom stereocenters. The van der Waals surface area contributed by atoms with Crippen molar-refractivity contribution in [2.75, 3.05) is 0 Å². The molecule has 1 aromatic heterocycles. The molecular weight excluding hydrogens is 350 g/mol. The van der Waals surface area contributed by atoms with Gasteiger partial charge >= 0.3 is 0 Å². The summed E-state index contributed by atoms with van der Waals surface area (Å²) >= 11 is 9.76. The molecule has 1 heterocycles. The summed E-state index contributed by atoms with van der Waals surface area (Å²) in [6.07, 6.45) is 0. The maximum atomic E-state index is 11.9. The van der Waals surface area contributed by atoms with Gasteiger partial charge in [0.1, 0.15) is 0 Å². The van der Waals surface area contributed by atoms with Gasteiger partial charge in [0.2, 0.25) is 5.96 Å². The van der Waals surface area contributed by atoms with Gasteiger partial charge in [0, 0.05) is 6.04 Å². The molecule has 0 fully saturated rings. The Bertz CT molecular complexity index is 527. The average molecular weight is 361 g/mol. The molecule has 0 unspecified atom stereocenters. The average Bonchev–Trinajstić information content (AvgIpc) is 2.42. The summed E-state index contributed by atoms with van der Waals surface area (Å²) < 4.78 is 26.7. The van der Waals surface area contributed by atoms with Gasteiger partial charge in [-0.2, -0.15) is 0 Å². The molecule has 0 aliphatic rings. The van der Waals surface area contributed by atoms with Gasteiger partial charge in [-0.3, -0.25) is 5.41 Å². The van der Waals surface area contributed by atoms with Crippen molar-refractivity contribution in [2.24, 2.45) is 0 Å². The van der Waals surface area contributed by atoms with E-state index in [1.165, 1.54) is 6.07 Å². The first-order valence-electron chi connectivity index (χ1n) is 4.55. The Balaban J connectivity index is 2.90. The topological polar surface area (TPSA) is 82.1 Å². The van der Waals surface area contributed by atoms with Gasteiger partial charge in [-0.15, -0.1) is 11.3 Å². The van der Waals surface area contributed by atoms with Gasteiger partial charge in [-0.1, -0.05) is 11.6 Å². The molecule has 0 bridgehead atoms. The normalized spacial score (nSPS) is 11.6. The standard InChI is InChI=1S/C8H11BrClN3O2S2/c1-4(2)12-8(11)13-17(14,15)7-5(9)3-6(10)16-7/h3-4H,1-2H3,(H3,11,12,13). The molecule has 1 aromatic rings. The summed E-state index contributed by atoms with van der Waals surface area (Å²) in [5, 5.41) is 10.1. The van der Waals surface area contributed by atoms with Crippen LogP contribution in [0.15, 0.2) is 14.7 Å². The second-order valence-corrected chi connectivity index (χ2v) is 7.88. The predicted molar refractivity (Wildman–Crippen MR) is 73.3 cm³/mol. The zero-order valence-corrected chi connectivity index (χ0v) is 13.0. The highest BCUT2D eigenvalue weighted by Crippen LogP contribution is 2.34. The van der Waals surface area contributed by atoms with Crippen LogP contribution in [0.5, 0.6) is 0 Å². The van der Waals surface area contributed by atoms with E-state index in [9.17, 15) is 8.42 Å². The lowest BCUT2D eigenvalue weighted by Crippen LogP contribution is -2.42. The number of nitrogens with one attached hydrogen (secondary N) is 3. The zero-order chi connectivity index (χ0) is 13.2. The van der Waals surface area contributed by atoms with Crippen LogP contribution in [-0.4, -0.2) is 20.4 Å². The molecule has 9 heteroatoms. The molecule has 0 aromatic carbocycles. The largest absolute Gasteiger partial charge is 0.354 e. The third-order valence-corrected chi connectivity index (χ3v) is 5.84. The first-order chi connectivity index (χ1) is 7.72. The molecule has 96 valence electrons. The quantitative estimate of drug-likeness (QED) is 0.572. The Kier molecular flexibility index (Phi) is 4.82. The highest BCUT2D eigenvalue weighted by Gasteiger charge is 2.22. The van der Waals surface area contributed by atoms with E-state index in [0.717, 1.165) is 11.3 Å². The lowest BCUT2D eigenvalue weighted by molar-refractivity contribution is 0.592. The van der Waals surface area contributed by atoms with Crippen molar-refractivity contribution >= 4 is 54.9 Å². The fourth-order valence-corrected chi connectivity index (χ4v) is 4.96. The molecule has 3 N–H and O–H groups in total. The van der Waals surface area contributed by atoms with E-state index in [-0.39, 0.29) is 16.2 Å². The lowest BCUT2D eigenvalue weighted by atomic mass is 10.4. The molecule has 17 heavy (non-hydrogen) atoms. The Morgan fingerprint density at radius 2 is 2.18 bits per heavy atom. The first-order valence-corrected chi connectivity index (χ1v) is 8.02. The smallest absolute Gasteiger partial charge is 0.274 e. The molecule has 1 rings (SSSR count). The minimum Gasteiger partial charge on any atom is -0.354 e. The van der Waals surface area contributed by atoms with Crippen molar-refractivity contribution in [1.29, 1.82) is 5.41 Å². The van der Waals surface area contributed by atoms with Crippen molar-refractivity contribution in [3.05, 3.63) is 14.9 Å². The van der Waals surface area contributed by atoms with E-state index in [2.05, 4.69) is 26.0 Å². The number of rotatable bonds is 3. The number of sulfonamides is 1. The second kappa shape index (κ2) is 5.55. The highest BCUT2D eigenvalue weighted by molar-refractivity contribution is 9.10. The minimum absolute atomic E-state index is 0.0273. The molecule has 0 radical (unpaired) electrons. The molecule has 0 aliphatic carbocycles. The fraction of sp³-hybridized carbons (Fsp3) is 0.375. The fourth-order valence-electron chi connectivity index (χ4n) is 1.01. The Morgan fingerprint density at radius 3 is 2.59 bits per heavy atom. The van der Waals surface area contributed by atoms with E-state index in [1.54, 1.807) is 13.8 Å². The van der Waals surface area contributed by atoms with Crippen LogP contribution in [-0.2, 0) is 10.0 Å². The van der Waals surface area contributed by atoms with Crippen LogP contribution in [0.1, 0.15) is 13.8 Å². The van der Waals surface area contributed by atoms with Crippen molar-refractivity contribution in [2.45, 2.75) is 24.1 Å².